The molecule has 1 fully saturated rings. The number of aliphatic hydroxyl groups is 1. The van der Waals surface area contributed by atoms with Crippen LogP contribution in [0.2, 0.25) is 0 Å². The summed E-state index contributed by atoms with van der Waals surface area (Å²) in [7, 11) is 0. The lowest BCUT2D eigenvalue weighted by Crippen LogP contribution is -2.29. The molecule has 1 aliphatic heterocycles. The number of Topliss-reactive ketones (excluding diaryl/α,β-unsaturated/α-hetero) is 1. The van der Waals surface area contributed by atoms with Crippen LogP contribution in [0.25, 0.3) is 5.76 Å². The summed E-state index contributed by atoms with van der Waals surface area (Å²) in [5.41, 5.74) is 0.791. The maximum absolute atomic E-state index is 13.1. The Balaban J connectivity index is 1.89. The topological polar surface area (TPSA) is 80.0 Å². The fourth-order valence-corrected chi connectivity index (χ4v) is 3.99. The summed E-state index contributed by atoms with van der Waals surface area (Å²) in [4.78, 5) is 27.2. The Morgan fingerprint density at radius 2 is 1.82 bits per heavy atom. The summed E-state index contributed by atoms with van der Waals surface area (Å²) >= 11 is 3.37. The first-order valence-electron chi connectivity index (χ1n) is 9.96. The maximum atomic E-state index is 13.1. The largest absolute Gasteiger partial charge is 0.573 e. The molecule has 1 N–H and O–H groups in total. The highest BCUT2D eigenvalue weighted by molar-refractivity contribution is 9.10. The summed E-state index contributed by atoms with van der Waals surface area (Å²) < 4.78 is 48.6. The number of rotatable bonds is 4. The highest BCUT2D eigenvalue weighted by atomic mass is 79.9. The van der Waals surface area contributed by atoms with Gasteiger partial charge in [-0.25, -0.2) is 0 Å². The second-order valence-electron chi connectivity index (χ2n) is 7.63. The predicted molar refractivity (Wildman–Crippen MR) is 120 cm³/mol. The number of benzene rings is 2. The standard InChI is InChI=1S/C24H17BrF3NO5/c1-12-10-14(7-8-17(12)25)21(30)19-20(18-9-6-13(2)33-18)29(23(32)22(19)31)15-4-3-5-16(11-15)34-24(26,27)28/h3-11,20,30H,1-2H3/b21-19-. The number of aliphatic hydroxyl groups excluding tert-OH is 1. The van der Waals surface area contributed by atoms with Crippen LogP contribution in [0.5, 0.6) is 5.75 Å². The molecular formula is C24H17BrF3NO5. The third-order valence-electron chi connectivity index (χ3n) is 5.24. The van der Waals surface area contributed by atoms with E-state index in [0.717, 1.165) is 27.1 Å². The van der Waals surface area contributed by atoms with E-state index in [1.54, 1.807) is 38.1 Å². The lowest BCUT2D eigenvalue weighted by molar-refractivity contribution is -0.274. The summed E-state index contributed by atoms with van der Waals surface area (Å²) in [5.74, 6) is -2.38. The van der Waals surface area contributed by atoms with Gasteiger partial charge in [0.25, 0.3) is 11.7 Å². The van der Waals surface area contributed by atoms with E-state index >= 15 is 0 Å². The molecule has 1 saturated heterocycles. The number of hydrogen-bond acceptors (Lipinski definition) is 5. The van der Waals surface area contributed by atoms with Gasteiger partial charge in [0, 0.05) is 21.8 Å². The summed E-state index contributed by atoms with van der Waals surface area (Å²) in [6, 6.07) is 11.5. The molecule has 0 spiro atoms. The third-order valence-corrected chi connectivity index (χ3v) is 6.13. The van der Waals surface area contributed by atoms with Crippen molar-refractivity contribution in [3.63, 3.8) is 0 Å². The van der Waals surface area contributed by atoms with E-state index in [4.69, 9.17) is 4.42 Å². The van der Waals surface area contributed by atoms with E-state index < -0.39 is 35.6 Å². The Labute approximate surface area is 200 Å². The van der Waals surface area contributed by atoms with Crippen LogP contribution in [-0.4, -0.2) is 23.2 Å². The zero-order valence-electron chi connectivity index (χ0n) is 17.8. The van der Waals surface area contributed by atoms with Gasteiger partial charge in [-0.15, -0.1) is 13.2 Å². The number of ketones is 1. The molecule has 6 nitrogen and oxygen atoms in total. The first-order valence-corrected chi connectivity index (χ1v) is 10.8. The van der Waals surface area contributed by atoms with E-state index in [1.165, 1.54) is 18.2 Å². The molecule has 0 aliphatic carbocycles. The number of ether oxygens (including phenoxy) is 1. The average Bonchev–Trinajstić information content (AvgIpc) is 3.29. The first-order chi connectivity index (χ1) is 16.0. The molecule has 1 amide bonds. The number of anilines is 1. The van der Waals surface area contributed by atoms with Gasteiger partial charge in [-0.05, 0) is 55.8 Å². The van der Waals surface area contributed by atoms with E-state index in [0.29, 0.717) is 11.3 Å². The number of furan rings is 1. The monoisotopic (exact) mass is 535 g/mol. The highest BCUT2D eigenvalue weighted by Gasteiger charge is 2.48. The van der Waals surface area contributed by atoms with Crippen molar-refractivity contribution in [1.29, 1.82) is 0 Å². The molecule has 1 aromatic heterocycles. The minimum absolute atomic E-state index is 0.0334. The Bertz CT molecular complexity index is 1330. The summed E-state index contributed by atoms with van der Waals surface area (Å²) in [5, 5.41) is 11.1. The van der Waals surface area contributed by atoms with Crippen molar-refractivity contribution in [3.05, 3.63) is 87.3 Å². The molecule has 34 heavy (non-hydrogen) atoms. The second kappa shape index (κ2) is 8.68. The first kappa shape index (κ1) is 23.6. The van der Waals surface area contributed by atoms with Crippen LogP contribution in [0, 0.1) is 13.8 Å². The predicted octanol–water partition coefficient (Wildman–Crippen LogP) is 6.18. The molecule has 1 unspecified atom stereocenters. The van der Waals surface area contributed by atoms with Crippen LogP contribution in [-0.2, 0) is 9.59 Å². The Morgan fingerprint density at radius 1 is 1.09 bits per heavy atom. The minimum atomic E-state index is -4.94. The van der Waals surface area contributed by atoms with Gasteiger partial charge >= 0.3 is 6.36 Å². The number of halogens is 4. The SMILES string of the molecule is Cc1ccc(C2/C(=C(/O)c3ccc(Br)c(C)c3)C(=O)C(=O)N2c2cccc(OC(F)(F)F)c2)o1. The van der Waals surface area contributed by atoms with Gasteiger partial charge in [-0.1, -0.05) is 28.1 Å². The zero-order chi connectivity index (χ0) is 24.8. The van der Waals surface area contributed by atoms with Crippen LogP contribution >= 0.6 is 15.9 Å². The molecule has 2 aromatic carbocycles. The fraction of sp³-hybridized carbons (Fsp3) is 0.167. The molecule has 176 valence electrons. The van der Waals surface area contributed by atoms with Crippen LogP contribution < -0.4 is 9.64 Å². The van der Waals surface area contributed by atoms with E-state index in [2.05, 4.69) is 20.7 Å². The average molecular weight is 536 g/mol. The quantitative estimate of drug-likeness (QED) is 0.245. The Hall–Kier alpha value is -3.53. The van der Waals surface area contributed by atoms with Gasteiger partial charge in [0.2, 0.25) is 0 Å². The molecule has 10 heteroatoms. The van der Waals surface area contributed by atoms with E-state index in [1.807, 2.05) is 0 Å². The van der Waals surface area contributed by atoms with Crippen molar-refractivity contribution in [2.45, 2.75) is 26.3 Å². The van der Waals surface area contributed by atoms with E-state index in [-0.39, 0.29) is 17.0 Å². The summed E-state index contributed by atoms with van der Waals surface area (Å²) in [6.45, 7) is 3.45. The van der Waals surface area contributed by atoms with Crippen molar-refractivity contribution in [3.8, 4) is 5.75 Å². The van der Waals surface area contributed by atoms with Crippen LogP contribution in [0.15, 0.2) is 69.1 Å². The number of alkyl halides is 3. The van der Waals surface area contributed by atoms with Gasteiger partial charge in [0.15, 0.2) is 0 Å². The normalized spacial score (nSPS) is 17.9. The van der Waals surface area contributed by atoms with Crippen molar-refractivity contribution in [2.24, 2.45) is 0 Å². The van der Waals surface area contributed by atoms with Crippen molar-refractivity contribution < 1.29 is 37.0 Å². The number of carbonyl (C=O) groups is 2. The number of carbonyl (C=O) groups excluding carboxylic acids is 2. The van der Waals surface area contributed by atoms with Gasteiger partial charge in [0.05, 0.1) is 5.57 Å². The van der Waals surface area contributed by atoms with Crippen molar-refractivity contribution in [2.75, 3.05) is 4.90 Å². The number of aryl methyl sites for hydroxylation is 2. The molecule has 4 rings (SSSR count). The maximum Gasteiger partial charge on any atom is 0.573 e. The lowest BCUT2D eigenvalue weighted by atomic mass is 9.98. The van der Waals surface area contributed by atoms with E-state index in [9.17, 15) is 27.9 Å². The Kier molecular flexibility index (Phi) is 6.03. The minimum Gasteiger partial charge on any atom is -0.507 e. The number of nitrogens with zero attached hydrogens (tertiary/aromatic N) is 1. The number of amides is 1. The molecule has 2 heterocycles. The third kappa shape index (κ3) is 4.45. The molecule has 1 aliphatic rings. The summed E-state index contributed by atoms with van der Waals surface area (Å²) in [6.07, 6.45) is -4.94. The highest BCUT2D eigenvalue weighted by Crippen LogP contribution is 2.43. The van der Waals surface area contributed by atoms with Crippen LogP contribution in [0.3, 0.4) is 0 Å². The molecule has 1 atom stereocenters. The second-order valence-corrected chi connectivity index (χ2v) is 8.48. The fourth-order valence-electron chi connectivity index (χ4n) is 3.75. The molecular weight excluding hydrogens is 519 g/mol. The Morgan fingerprint density at radius 3 is 2.44 bits per heavy atom. The molecule has 0 saturated carbocycles. The van der Waals surface area contributed by atoms with Gasteiger partial charge in [-0.2, -0.15) is 0 Å². The lowest BCUT2D eigenvalue weighted by Gasteiger charge is -2.24. The van der Waals surface area contributed by atoms with Crippen LogP contribution in [0.4, 0.5) is 18.9 Å². The smallest absolute Gasteiger partial charge is 0.507 e. The molecule has 0 bridgehead atoms. The number of hydrogen-bond donors (Lipinski definition) is 1. The van der Waals surface area contributed by atoms with Crippen molar-refractivity contribution in [1.82, 2.24) is 0 Å². The van der Waals surface area contributed by atoms with Crippen LogP contribution in [0.1, 0.15) is 28.7 Å². The van der Waals surface area contributed by atoms with Gasteiger partial charge in [0.1, 0.15) is 29.1 Å². The molecule has 3 aromatic rings. The molecule has 0 radical (unpaired) electrons. The zero-order valence-corrected chi connectivity index (χ0v) is 19.4. The van der Waals surface area contributed by atoms with Gasteiger partial charge in [-0.3, -0.25) is 14.5 Å². The van der Waals surface area contributed by atoms with Gasteiger partial charge < -0.3 is 14.3 Å². The van der Waals surface area contributed by atoms with Crippen molar-refractivity contribution >= 4 is 39.1 Å².